The highest BCUT2D eigenvalue weighted by Gasteiger charge is 2.37. The average Bonchev–Trinajstić information content (AvgIpc) is 3.53. The van der Waals surface area contributed by atoms with E-state index in [4.69, 9.17) is 0 Å². The molecule has 1 aromatic heterocycles. The Kier molecular flexibility index (Phi) is 6.76. The van der Waals surface area contributed by atoms with E-state index >= 15 is 0 Å². The zero-order valence-corrected chi connectivity index (χ0v) is 21.4. The summed E-state index contributed by atoms with van der Waals surface area (Å²) in [5.41, 5.74) is 3.59. The maximum atomic E-state index is 13.3. The molecule has 0 radical (unpaired) electrons. The first kappa shape index (κ1) is 23.8. The minimum absolute atomic E-state index is 0.0863. The lowest BCUT2D eigenvalue weighted by molar-refractivity contribution is -0.130. The van der Waals surface area contributed by atoms with Gasteiger partial charge in [0.1, 0.15) is 0 Å². The van der Waals surface area contributed by atoms with Gasteiger partial charge in [-0.2, -0.15) is 0 Å². The van der Waals surface area contributed by atoms with Gasteiger partial charge in [0.25, 0.3) is 0 Å². The Bertz CT molecular complexity index is 1430. The number of nitrogens with zero attached hydrogens (tertiary/aromatic N) is 1. The van der Waals surface area contributed by atoms with Gasteiger partial charge in [0.2, 0.25) is 5.91 Å². The molecule has 1 saturated heterocycles. The quantitative estimate of drug-likeness (QED) is 0.309. The molecule has 35 heavy (non-hydrogen) atoms. The second kappa shape index (κ2) is 9.96. The largest absolute Gasteiger partial charge is 0.341 e. The third kappa shape index (κ3) is 4.91. The van der Waals surface area contributed by atoms with Crippen molar-refractivity contribution in [2.75, 3.05) is 18.8 Å². The van der Waals surface area contributed by atoms with Crippen LogP contribution in [0.25, 0.3) is 10.1 Å². The van der Waals surface area contributed by atoms with Gasteiger partial charge in [-0.1, -0.05) is 67.6 Å². The molecule has 4 nitrogen and oxygen atoms in total. The van der Waals surface area contributed by atoms with E-state index in [1.807, 2.05) is 23.1 Å². The van der Waals surface area contributed by atoms with Gasteiger partial charge in [0.15, 0.2) is 9.84 Å². The van der Waals surface area contributed by atoms with Crippen molar-refractivity contribution >= 4 is 37.2 Å². The van der Waals surface area contributed by atoms with Crippen molar-refractivity contribution < 1.29 is 13.2 Å². The van der Waals surface area contributed by atoms with E-state index in [0.717, 1.165) is 5.56 Å². The van der Waals surface area contributed by atoms with Crippen LogP contribution in [0, 0.1) is 0 Å². The van der Waals surface area contributed by atoms with Crippen molar-refractivity contribution in [3.05, 3.63) is 101 Å². The van der Waals surface area contributed by atoms with E-state index in [0.29, 0.717) is 30.8 Å². The maximum absolute atomic E-state index is 13.3. The van der Waals surface area contributed by atoms with Crippen molar-refractivity contribution in [3.63, 3.8) is 0 Å². The van der Waals surface area contributed by atoms with Gasteiger partial charge in [0, 0.05) is 36.0 Å². The lowest BCUT2D eigenvalue weighted by Crippen LogP contribution is -2.29. The summed E-state index contributed by atoms with van der Waals surface area (Å²) in [5, 5.41) is 3.56. The van der Waals surface area contributed by atoms with Crippen LogP contribution in [0.5, 0.6) is 0 Å². The summed E-state index contributed by atoms with van der Waals surface area (Å²) in [7, 11) is -3.21. The number of likely N-dealkylation sites (tertiary alicyclic amines) is 1. The molecule has 0 saturated carbocycles. The number of benzene rings is 3. The fraction of sp³-hybridized carbons (Fsp3) is 0.276. The minimum Gasteiger partial charge on any atom is -0.341 e. The van der Waals surface area contributed by atoms with Crippen molar-refractivity contribution in [1.29, 1.82) is 0 Å². The monoisotopic (exact) mass is 503 g/mol. The Labute approximate surface area is 211 Å². The van der Waals surface area contributed by atoms with E-state index in [2.05, 4.69) is 53.9 Å². The van der Waals surface area contributed by atoms with Crippen LogP contribution in [0.3, 0.4) is 0 Å². The summed E-state index contributed by atoms with van der Waals surface area (Å²) in [6.45, 7) is 3.07. The molecular formula is C29H29NO3S2. The molecule has 6 heteroatoms. The molecular weight excluding hydrogens is 474 g/mol. The van der Waals surface area contributed by atoms with E-state index in [-0.39, 0.29) is 23.5 Å². The number of aryl methyl sites for hydroxylation is 1. The molecule has 0 aliphatic carbocycles. The first-order chi connectivity index (χ1) is 17.0. The summed E-state index contributed by atoms with van der Waals surface area (Å²) in [6, 6.07) is 26.0. The van der Waals surface area contributed by atoms with Crippen molar-refractivity contribution in [2.45, 2.75) is 36.5 Å². The van der Waals surface area contributed by atoms with Crippen LogP contribution in [-0.4, -0.2) is 38.1 Å². The lowest BCUT2D eigenvalue weighted by atomic mass is 9.84. The minimum atomic E-state index is -3.21. The summed E-state index contributed by atoms with van der Waals surface area (Å²) in [5.74, 6) is 0.758. The first-order valence-electron chi connectivity index (χ1n) is 12.1. The zero-order chi connectivity index (χ0) is 24.4. The summed E-state index contributed by atoms with van der Waals surface area (Å²) in [4.78, 5) is 15.6. The van der Waals surface area contributed by atoms with Crippen molar-refractivity contribution in [3.8, 4) is 0 Å². The summed E-state index contributed by atoms with van der Waals surface area (Å²) < 4.78 is 25.4. The molecule has 0 bridgehead atoms. The highest BCUT2D eigenvalue weighted by Crippen LogP contribution is 2.44. The molecule has 1 amide bonds. The summed E-state index contributed by atoms with van der Waals surface area (Å²) >= 11 is 1.77. The van der Waals surface area contributed by atoms with Gasteiger partial charge in [-0.15, -0.1) is 11.3 Å². The number of amides is 1. The smallest absolute Gasteiger partial charge is 0.222 e. The second-order valence-corrected chi connectivity index (χ2v) is 12.3. The maximum Gasteiger partial charge on any atom is 0.222 e. The summed E-state index contributed by atoms with van der Waals surface area (Å²) in [6.07, 6.45) is 1.02. The third-order valence-electron chi connectivity index (χ3n) is 7.10. The van der Waals surface area contributed by atoms with Crippen molar-refractivity contribution in [2.24, 2.45) is 0 Å². The number of carbonyl (C=O) groups excluding carboxylic acids is 1. The number of fused-ring (bicyclic) bond motifs is 1. The molecule has 0 spiro atoms. The molecule has 1 aliphatic heterocycles. The van der Waals surface area contributed by atoms with E-state index < -0.39 is 9.84 Å². The molecule has 2 unspecified atom stereocenters. The van der Waals surface area contributed by atoms with Crippen LogP contribution in [0.15, 0.2) is 89.1 Å². The first-order valence-corrected chi connectivity index (χ1v) is 14.6. The molecule has 2 atom stereocenters. The number of thiophene rings is 1. The van der Waals surface area contributed by atoms with Gasteiger partial charge >= 0.3 is 0 Å². The van der Waals surface area contributed by atoms with Gasteiger partial charge < -0.3 is 4.90 Å². The molecule has 5 rings (SSSR count). The molecule has 1 aliphatic rings. The Morgan fingerprint density at radius 1 is 0.914 bits per heavy atom. The Balaban J connectivity index is 1.33. The van der Waals surface area contributed by atoms with Crippen LogP contribution in [0.2, 0.25) is 0 Å². The van der Waals surface area contributed by atoms with Crippen LogP contribution in [0.1, 0.15) is 41.9 Å². The van der Waals surface area contributed by atoms with Crippen LogP contribution in [-0.2, 0) is 21.1 Å². The van der Waals surface area contributed by atoms with E-state index in [1.54, 1.807) is 30.4 Å². The number of hydrogen-bond acceptors (Lipinski definition) is 4. The van der Waals surface area contributed by atoms with Crippen LogP contribution < -0.4 is 0 Å². The van der Waals surface area contributed by atoms with Crippen LogP contribution in [0.4, 0.5) is 0 Å². The predicted octanol–water partition coefficient (Wildman–Crippen LogP) is 6.04. The molecule has 2 heterocycles. The number of sulfone groups is 1. The molecule has 0 N–H and O–H groups in total. The van der Waals surface area contributed by atoms with Crippen molar-refractivity contribution in [1.82, 2.24) is 4.90 Å². The number of rotatable bonds is 7. The highest BCUT2D eigenvalue weighted by molar-refractivity contribution is 7.91. The molecule has 1 fully saturated rings. The molecule has 4 aromatic rings. The number of carbonyl (C=O) groups is 1. The Morgan fingerprint density at radius 2 is 1.60 bits per heavy atom. The fourth-order valence-corrected chi connectivity index (χ4v) is 7.00. The highest BCUT2D eigenvalue weighted by atomic mass is 32.2. The van der Waals surface area contributed by atoms with Gasteiger partial charge in [-0.05, 0) is 52.1 Å². The normalized spacial score (nSPS) is 18.3. The van der Waals surface area contributed by atoms with E-state index in [1.165, 1.54) is 21.2 Å². The SMILES string of the molecule is CCS(=O)(=O)c1ccc(CCC(=O)N2CC(c3ccccc3)C(c3csc4ccccc34)C2)cc1. The third-order valence-corrected chi connectivity index (χ3v) is 9.83. The standard InChI is InChI=1S/C29H29NO3S2/c1-2-35(32,33)23-15-12-21(13-16-23)14-17-29(31)30-18-25(22-8-4-3-5-9-22)26(19-30)27-20-34-28-11-7-6-10-24(27)28/h3-13,15-16,20,25-26H,2,14,17-19H2,1H3. The zero-order valence-electron chi connectivity index (χ0n) is 19.8. The Hall–Kier alpha value is -2.96. The van der Waals surface area contributed by atoms with Gasteiger partial charge in [0.05, 0.1) is 10.6 Å². The van der Waals surface area contributed by atoms with Gasteiger partial charge in [-0.3, -0.25) is 4.79 Å². The van der Waals surface area contributed by atoms with Crippen LogP contribution >= 0.6 is 11.3 Å². The average molecular weight is 504 g/mol. The fourth-order valence-electron chi connectivity index (χ4n) is 5.09. The molecule has 180 valence electrons. The van der Waals surface area contributed by atoms with E-state index in [9.17, 15) is 13.2 Å². The number of hydrogen-bond donors (Lipinski definition) is 0. The topological polar surface area (TPSA) is 54.5 Å². The second-order valence-electron chi connectivity index (χ2n) is 9.16. The Morgan fingerprint density at radius 3 is 2.34 bits per heavy atom. The van der Waals surface area contributed by atoms with Gasteiger partial charge in [-0.25, -0.2) is 8.42 Å². The lowest BCUT2D eigenvalue weighted by Gasteiger charge is -2.18. The predicted molar refractivity (Wildman–Crippen MR) is 143 cm³/mol. The molecule has 3 aromatic carbocycles.